The first-order valence-electron chi connectivity index (χ1n) is 10.0. The average Bonchev–Trinajstić information content (AvgIpc) is 2.79. The average molecular weight is 503 g/mol. The molecule has 0 bridgehead atoms. The number of aliphatic hydroxyl groups is 1. The van der Waals surface area contributed by atoms with E-state index < -0.39 is 54.5 Å². The number of carbonyl (C=O) groups is 4. The Morgan fingerprint density at radius 3 is 2.06 bits per heavy atom. The SMILES string of the molecule is CSCCC(N)C(=O)NC(Cc1ccc(O)cc1)C(=O)NC(CS)C(=O)NC(CO)C(=O)O. The number of nitrogens with two attached hydrogens (primary N) is 1. The van der Waals surface area contributed by atoms with Crippen LogP contribution in [0.2, 0.25) is 0 Å². The third kappa shape index (κ3) is 9.90. The number of carbonyl (C=O) groups excluding carboxylic acids is 3. The molecule has 0 aromatic heterocycles. The van der Waals surface area contributed by atoms with Crippen LogP contribution in [-0.2, 0) is 25.6 Å². The summed E-state index contributed by atoms with van der Waals surface area (Å²) in [6.07, 6.45) is 2.32. The number of carboxylic acid groups (broad SMARTS) is 1. The summed E-state index contributed by atoms with van der Waals surface area (Å²) in [5.41, 5.74) is 6.52. The Hall–Kier alpha value is -2.48. The summed E-state index contributed by atoms with van der Waals surface area (Å²) in [4.78, 5) is 48.9. The van der Waals surface area contributed by atoms with Crippen LogP contribution >= 0.6 is 24.4 Å². The molecule has 1 aromatic rings. The Balaban J connectivity index is 2.97. The number of carboxylic acids is 1. The quantitative estimate of drug-likeness (QED) is 0.140. The number of amides is 3. The molecule has 1 aromatic carbocycles. The maximum absolute atomic E-state index is 12.9. The molecule has 184 valence electrons. The van der Waals surface area contributed by atoms with Crippen molar-refractivity contribution in [3.8, 4) is 5.75 Å². The number of hydrogen-bond acceptors (Lipinski definition) is 9. The zero-order chi connectivity index (χ0) is 25.0. The molecule has 33 heavy (non-hydrogen) atoms. The van der Waals surface area contributed by atoms with Gasteiger partial charge in [-0.15, -0.1) is 0 Å². The third-order valence-corrected chi connectivity index (χ3v) is 5.60. The fraction of sp³-hybridized carbons (Fsp3) is 0.500. The third-order valence-electron chi connectivity index (χ3n) is 4.59. The molecule has 0 fully saturated rings. The summed E-state index contributed by atoms with van der Waals surface area (Å²) in [5.74, 6) is -3.02. The molecule has 0 saturated heterocycles. The first-order valence-corrected chi connectivity index (χ1v) is 12.0. The minimum absolute atomic E-state index is 0.0338. The number of thioether (sulfide) groups is 1. The second-order valence-corrected chi connectivity index (χ2v) is 8.50. The van der Waals surface area contributed by atoms with Gasteiger partial charge in [-0.1, -0.05) is 12.1 Å². The van der Waals surface area contributed by atoms with Crippen LogP contribution in [-0.4, -0.2) is 87.5 Å². The summed E-state index contributed by atoms with van der Waals surface area (Å²) in [5, 5.41) is 34.7. The van der Waals surface area contributed by atoms with Gasteiger partial charge in [-0.3, -0.25) is 14.4 Å². The molecule has 0 aliphatic rings. The first kappa shape index (κ1) is 28.6. The molecule has 3 amide bonds. The predicted molar refractivity (Wildman–Crippen MR) is 127 cm³/mol. The molecule has 8 N–H and O–H groups in total. The van der Waals surface area contributed by atoms with Crippen molar-refractivity contribution in [1.29, 1.82) is 0 Å². The van der Waals surface area contributed by atoms with Crippen LogP contribution in [0.25, 0.3) is 0 Å². The van der Waals surface area contributed by atoms with Crippen molar-refractivity contribution in [2.24, 2.45) is 5.73 Å². The normalized spacial score (nSPS) is 14.4. The van der Waals surface area contributed by atoms with Crippen LogP contribution in [0.5, 0.6) is 5.75 Å². The van der Waals surface area contributed by atoms with Gasteiger partial charge in [0.1, 0.15) is 23.9 Å². The van der Waals surface area contributed by atoms with Gasteiger partial charge in [-0.25, -0.2) is 4.79 Å². The van der Waals surface area contributed by atoms with Crippen molar-refractivity contribution in [3.05, 3.63) is 29.8 Å². The van der Waals surface area contributed by atoms with Gasteiger partial charge in [0.25, 0.3) is 0 Å². The Kier molecular flexibility index (Phi) is 12.7. The van der Waals surface area contributed by atoms with Gasteiger partial charge in [-0.05, 0) is 36.1 Å². The minimum atomic E-state index is -1.54. The van der Waals surface area contributed by atoms with Gasteiger partial charge in [-0.2, -0.15) is 24.4 Å². The number of phenols is 1. The van der Waals surface area contributed by atoms with Crippen LogP contribution in [0.3, 0.4) is 0 Å². The summed E-state index contributed by atoms with van der Waals surface area (Å²) in [6.45, 7) is -0.832. The highest BCUT2D eigenvalue weighted by Gasteiger charge is 2.29. The fourth-order valence-electron chi connectivity index (χ4n) is 2.66. The van der Waals surface area contributed by atoms with Crippen molar-refractivity contribution in [3.63, 3.8) is 0 Å². The van der Waals surface area contributed by atoms with Gasteiger partial charge in [0.15, 0.2) is 0 Å². The van der Waals surface area contributed by atoms with E-state index in [1.165, 1.54) is 23.9 Å². The molecule has 0 spiro atoms. The van der Waals surface area contributed by atoms with Gasteiger partial charge in [0, 0.05) is 12.2 Å². The number of thiol groups is 1. The van der Waals surface area contributed by atoms with Crippen molar-refractivity contribution in [2.75, 3.05) is 24.4 Å². The number of aliphatic hydroxyl groups excluding tert-OH is 1. The largest absolute Gasteiger partial charge is 0.508 e. The lowest BCUT2D eigenvalue weighted by Crippen LogP contribution is -2.58. The molecule has 4 atom stereocenters. The zero-order valence-corrected chi connectivity index (χ0v) is 19.8. The maximum atomic E-state index is 12.9. The van der Waals surface area contributed by atoms with E-state index in [0.29, 0.717) is 17.7 Å². The highest BCUT2D eigenvalue weighted by molar-refractivity contribution is 7.98. The van der Waals surface area contributed by atoms with E-state index in [0.717, 1.165) is 0 Å². The Labute approximate surface area is 201 Å². The molecule has 0 saturated carbocycles. The number of rotatable bonds is 14. The summed E-state index contributed by atoms with van der Waals surface area (Å²) in [6, 6.07) is 1.32. The van der Waals surface area contributed by atoms with E-state index in [2.05, 4.69) is 28.6 Å². The van der Waals surface area contributed by atoms with E-state index in [4.69, 9.17) is 15.9 Å². The minimum Gasteiger partial charge on any atom is -0.508 e. The molecule has 0 radical (unpaired) electrons. The lowest BCUT2D eigenvalue weighted by molar-refractivity contribution is -0.143. The molecule has 13 heteroatoms. The Morgan fingerprint density at radius 2 is 1.55 bits per heavy atom. The second-order valence-electron chi connectivity index (χ2n) is 7.15. The number of aromatic hydroxyl groups is 1. The lowest BCUT2D eigenvalue weighted by atomic mass is 10.0. The monoisotopic (exact) mass is 502 g/mol. The number of hydrogen-bond donors (Lipinski definition) is 8. The van der Waals surface area contributed by atoms with E-state index in [-0.39, 0.29) is 17.9 Å². The molecular weight excluding hydrogens is 472 g/mol. The smallest absolute Gasteiger partial charge is 0.328 e. The lowest BCUT2D eigenvalue weighted by Gasteiger charge is -2.24. The number of phenolic OH excluding ortho intramolecular Hbond substituents is 1. The summed E-state index contributed by atoms with van der Waals surface area (Å²) < 4.78 is 0. The molecule has 0 heterocycles. The van der Waals surface area contributed by atoms with Crippen molar-refractivity contribution in [2.45, 2.75) is 37.0 Å². The first-order chi connectivity index (χ1) is 15.6. The van der Waals surface area contributed by atoms with Crippen LogP contribution in [0.1, 0.15) is 12.0 Å². The molecule has 4 unspecified atom stereocenters. The van der Waals surface area contributed by atoms with Gasteiger partial charge in [0.2, 0.25) is 17.7 Å². The van der Waals surface area contributed by atoms with Gasteiger partial charge in [0.05, 0.1) is 12.6 Å². The van der Waals surface area contributed by atoms with Crippen LogP contribution < -0.4 is 21.7 Å². The van der Waals surface area contributed by atoms with Gasteiger partial charge >= 0.3 is 5.97 Å². The standard InChI is InChI=1S/C20H30N4O7S2/c1-33-7-6-13(21)17(27)22-14(8-11-2-4-12(26)5-3-11)18(28)24-16(10-32)19(29)23-15(9-25)20(30)31/h2-5,13-16,25-26,32H,6-10,21H2,1H3,(H,22,27)(H,23,29)(H,24,28)(H,30,31). The van der Waals surface area contributed by atoms with Gasteiger partial charge < -0.3 is 37.0 Å². The number of aliphatic carboxylic acids is 1. The predicted octanol–water partition coefficient (Wildman–Crippen LogP) is -1.52. The second kappa shape index (κ2) is 14.6. The number of benzene rings is 1. The Morgan fingerprint density at radius 1 is 1.00 bits per heavy atom. The molecular formula is C20H30N4O7S2. The molecule has 0 aliphatic heterocycles. The van der Waals surface area contributed by atoms with Crippen molar-refractivity contribution < 1.29 is 34.5 Å². The summed E-state index contributed by atoms with van der Waals surface area (Å²) in [7, 11) is 0. The van der Waals surface area contributed by atoms with E-state index in [1.807, 2.05) is 6.26 Å². The maximum Gasteiger partial charge on any atom is 0.328 e. The van der Waals surface area contributed by atoms with E-state index in [1.54, 1.807) is 12.1 Å². The van der Waals surface area contributed by atoms with Crippen LogP contribution in [0, 0.1) is 0 Å². The van der Waals surface area contributed by atoms with E-state index in [9.17, 15) is 24.3 Å². The van der Waals surface area contributed by atoms with Crippen molar-refractivity contribution >= 4 is 48.1 Å². The number of nitrogens with one attached hydrogen (secondary N) is 3. The summed E-state index contributed by atoms with van der Waals surface area (Å²) >= 11 is 5.55. The van der Waals surface area contributed by atoms with Crippen LogP contribution in [0.15, 0.2) is 24.3 Å². The highest BCUT2D eigenvalue weighted by Crippen LogP contribution is 2.12. The van der Waals surface area contributed by atoms with Crippen LogP contribution in [0.4, 0.5) is 0 Å². The molecule has 1 rings (SSSR count). The molecule has 11 nitrogen and oxygen atoms in total. The Bertz CT molecular complexity index is 810. The van der Waals surface area contributed by atoms with E-state index >= 15 is 0 Å². The topological polar surface area (TPSA) is 191 Å². The fourth-order valence-corrected chi connectivity index (χ4v) is 3.40. The molecule has 0 aliphatic carbocycles. The van der Waals surface area contributed by atoms with Crippen molar-refractivity contribution in [1.82, 2.24) is 16.0 Å². The highest BCUT2D eigenvalue weighted by atomic mass is 32.2. The zero-order valence-electron chi connectivity index (χ0n) is 18.1.